The molecule has 0 radical (unpaired) electrons. The predicted octanol–water partition coefficient (Wildman–Crippen LogP) is 5.89. The molecule has 0 spiro atoms. The van der Waals surface area contributed by atoms with Crippen LogP contribution in [0.25, 0.3) is 11.5 Å². The normalized spacial score (nSPS) is 20.0. The van der Waals surface area contributed by atoms with Gasteiger partial charge in [-0.05, 0) is 42.5 Å². The molecule has 0 N–H and O–H groups in total. The van der Waals surface area contributed by atoms with Gasteiger partial charge in [0.2, 0.25) is 11.8 Å². The van der Waals surface area contributed by atoms with Gasteiger partial charge in [0, 0.05) is 25.5 Å². The van der Waals surface area contributed by atoms with Crippen LogP contribution in [-0.4, -0.2) is 27.7 Å². The number of amides is 1. The van der Waals surface area contributed by atoms with Crippen LogP contribution in [0.2, 0.25) is 0 Å². The molecule has 0 saturated carbocycles. The molecular weight excluding hydrogens is 390 g/mol. The summed E-state index contributed by atoms with van der Waals surface area (Å²) in [5, 5.41) is 7.94. The van der Waals surface area contributed by atoms with Crippen LogP contribution in [0.4, 0.5) is 4.79 Å². The van der Waals surface area contributed by atoms with Crippen LogP contribution in [0.1, 0.15) is 56.7 Å². The molecule has 31 heavy (non-hydrogen) atoms. The number of hydrogen-bond acceptors (Lipinski definition) is 5. The molecule has 6 heteroatoms. The van der Waals surface area contributed by atoms with E-state index in [-0.39, 0.29) is 12.1 Å². The summed E-state index contributed by atoms with van der Waals surface area (Å²) >= 11 is 0. The van der Waals surface area contributed by atoms with Crippen LogP contribution in [0.5, 0.6) is 0 Å². The molecule has 2 atom stereocenters. The van der Waals surface area contributed by atoms with Crippen LogP contribution in [-0.2, 0) is 10.3 Å². The molecule has 6 nitrogen and oxygen atoms in total. The van der Waals surface area contributed by atoms with Crippen LogP contribution >= 0.6 is 0 Å². The smallest absolute Gasteiger partial charge is 0.411 e. The second-order valence-corrected chi connectivity index (χ2v) is 8.69. The van der Waals surface area contributed by atoms with Gasteiger partial charge in [0.25, 0.3) is 0 Å². The number of cyclic esters (lactones) is 1. The van der Waals surface area contributed by atoms with E-state index in [1.807, 2.05) is 54.3 Å². The highest BCUT2D eigenvalue weighted by atomic mass is 16.6. The van der Waals surface area contributed by atoms with Crippen molar-refractivity contribution in [3.05, 3.63) is 71.6 Å². The molecule has 0 aliphatic carbocycles. The minimum Gasteiger partial charge on any atom is -0.438 e. The highest BCUT2D eigenvalue weighted by molar-refractivity contribution is 5.70. The second kappa shape index (κ2) is 8.53. The number of aromatic nitrogens is 2. The number of carbonyl (C=O) groups is 1. The van der Waals surface area contributed by atoms with Gasteiger partial charge in [-0.3, -0.25) is 0 Å². The molecule has 0 unspecified atom stereocenters. The first-order chi connectivity index (χ1) is 14.9. The fraction of sp³-hybridized carbons (Fsp3) is 0.400. The maximum atomic E-state index is 13.1. The molecule has 1 aliphatic rings. The molecule has 0 bridgehead atoms. The van der Waals surface area contributed by atoms with Crippen molar-refractivity contribution in [2.75, 3.05) is 6.54 Å². The first kappa shape index (κ1) is 21.1. The van der Waals surface area contributed by atoms with E-state index in [2.05, 4.69) is 36.2 Å². The molecule has 1 amide bonds. The molecule has 1 aromatic heterocycles. The summed E-state index contributed by atoms with van der Waals surface area (Å²) in [6, 6.07) is 17.9. The molecular formula is C25H29N3O3. The van der Waals surface area contributed by atoms with Crippen LogP contribution < -0.4 is 0 Å². The van der Waals surface area contributed by atoms with E-state index < -0.39 is 5.60 Å². The monoisotopic (exact) mass is 419 g/mol. The topological polar surface area (TPSA) is 68.5 Å². The van der Waals surface area contributed by atoms with E-state index in [0.717, 1.165) is 29.5 Å². The fourth-order valence-electron chi connectivity index (χ4n) is 4.38. The van der Waals surface area contributed by atoms with Crippen molar-refractivity contribution in [3.63, 3.8) is 0 Å². The van der Waals surface area contributed by atoms with Crippen LogP contribution in [0, 0.1) is 12.8 Å². The second-order valence-electron chi connectivity index (χ2n) is 8.69. The number of rotatable bonds is 6. The highest BCUT2D eigenvalue weighted by Crippen LogP contribution is 2.41. The zero-order valence-electron chi connectivity index (χ0n) is 18.5. The van der Waals surface area contributed by atoms with Gasteiger partial charge < -0.3 is 14.1 Å². The minimum atomic E-state index is -0.567. The van der Waals surface area contributed by atoms with Crippen molar-refractivity contribution in [2.45, 2.75) is 52.2 Å². The maximum absolute atomic E-state index is 13.1. The third-order valence-corrected chi connectivity index (χ3v) is 5.95. The van der Waals surface area contributed by atoms with Gasteiger partial charge in [-0.25, -0.2) is 4.79 Å². The van der Waals surface area contributed by atoms with Gasteiger partial charge in [0.1, 0.15) is 5.60 Å². The fourth-order valence-corrected chi connectivity index (χ4v) is 4.38. The number of carbonyl (C=O) groups excluding carboxylic acids is 1. The Hall–Kier alpha value is -3.15. The zero-order chi connectivity index (χ0) is 22.0. The maximum Gasteiger partial charge on any atom is 0.411 e. The van der Waals surface area contributed by atoms with Crippen molar-refractivity contribution >= 4 is 6.09 Å². The van der Waals surface area contributed by atoms with E-state index in [0.29, 0.717) is 24.2 Å². The average molecular weight is 420 g/mol. The first-order valence-electron chi connectivity index (χ1n) is 10.8. The zero-order valence-corrected chi connectivity index (χ0v) is 18.5. The highest BCUT2D eigenvalue weighted by Gasteiger charge is 2.43. The molecule has 2 aromatic carbocycles. The van der Waals surface area contributed by atoms with Crippen molar-refractivity contribution in [3.8, 4) is 11.5 Å². The standard InChI is InChI=1S/C25H29N3O3/c1-17(2)16-25(22-8-6-5-7-9-22)14-15-28(24(29)31-25)18(3)20-10-12-21(13-11-20)23-27-26-19(4)30-23/h5-13,17-18H,14-16H2,1-4H3/t18-,25-/m0/s1. The molecule has 1 saturated heterocycles. The lowest BCUT2D eigenvalue weighted by molar-refractivity contribution is -0.0715. The summed E-state index contributed by atoms with van der Waals surface area (Å²) in [6.45, 7) is 8.78. The van der Waals surface area contributed by atoms with Crippen molar-refractivity contribution in [2.24, 2.45) is 5.92 Å². The third-order valence-electron chi connectivity index (χ3n) is 5.95. The van der Waals surface area contributed by atoms with Gasteiger partial charge in [-0.1, -0.05) is 56.3 Å². The Morgan fingerprint density at radius 1 is 1.03 bits per heavy atom. The Kier molecular flexibility index (Phi) is 5.81. The quantitative estimate of drug-likeness (QED) is 0.498. The Bertz CT molecular complexity index is 1030. The summed E-state index contributed by atoms with van der Waals surface area (Å²) in [7, 11) is 0. The molecule has 2 heterocycles. The van der Waals surface area contributed by atoms with Gasteiger partial charge in [-0.2, -0.15) is 0 Å². The molecule has 162 valence electrons. The molecule has 1 fully saturated rings. The number of aryl methyl sites for hydroxylation is 1. The number of ether oxygens (including phenoxy) is 1. The largest absolute Gasteiger partial charge is 0.438 e. The van der Waals surface area contributed by atoms with Crippen molar-refractivity contribution in [1.82, 2.24) is 15.1 Å². The summed E-state index contributed by atoms with van der Waals surface area (Å²) in [5.41, 5.74) is 2.40. The Labute approximate surface area is 183 Å². The minimum absolute atomic E-state index is 0.0983. The predicted molar refractivity (Wildman–Crippen MR) is 118 cm³/mol. The van der Waals surface area contributed by atoms with E-state index in [4.69, 9.17) is 9.15 Å². The summed E-state index contributed by atoms with van der Waals surface area (Å²) in [5.74, 6) is 1.44. The Balaban J connectivity index is 1.52. The molecule has 1 aliphatic heterocycles. The van der Waals surface area contributed by atoms with E-state index in [1.165, 1.54) is 0 Å². The lowest BCUT2D eigenvalue weighted by atomic mass is 9.81. The van der Waals surface area contributed by atoms with Crippen LogP contribution in [0.15, 0.2) is 59.0 Å². The van der Waals surface area contributed by atoms with Crippen LogP contribution in [0.3, 0.4) is 0 Å². The first-order valence-corrected chi connectivity index (χ1v) is 10.8. The van der Waals surface area contributed by atoms with E-state index in [1.54, 1.807) is 6.92 Å². The summed E-state index contributed by atoms with van der Waals surface area (Å²) in [6.07, 6.45) is 1.31. The van der Waals surface area contributed by atoms with Gasteiger partial charge in [0.05, 0.1) is 6.04 Å². The average Bonchev–Trinajstić information content (AvgIpc) is 3.20. The Morgan fingerprint density at radius 2 is 1.74 bits per heavy atom. The number of benzene rings is 2. The van der Waals surface area contributed by atoms with E-state index >= 15 is 0 Å². The SMILES string of the molecule is Cc1nnc(-c2ccc([C@H](C)N3CC[C@](CC(C)C)(c4ccccc4)OC3=O)cc2)o1. The van der Waals surface area contributed by atoms with Crippen molar-refractivity contribution in [1.29, 1.82) is 0 Å². The summed E-state index contributed by atoms with van der Waals surface area (Å²) < 4.78 is 11.7. The lowest BCUT2D eigenvalue weighted by Gasteiger charge is -2.44. The van der Waals surface area contributed by atoms with Gasteiger partial charge in [0.15, 0.2) is 0 Å². The Morgan fingerprint density at radius 3 is 2.32 bits per heavy atom. The van der Waals surface area contributed by atoms with Gasteiger partial charge in [-0.15, -0.1) is 10.2 Å². The summed E-state index contributed by atoms with van der Waals surface area (Å²) in [4.78, 5) is 15.0. The number of nitrogens with zero attached hydrogens (tertiary/aromatic N) is 3. The third kappa shape index (κ3) is 4.33. The molecule has 3 aromatic rings. The molecule has 4 rings (SSSR count). The van der Waals surface area contributed by atoms with Gasteiger partial charge >= 0.3 is 6.09 Å². The van der Waals surface area contributed by atoms with E-state index in [9.17, 15) is 4.79 Å². The number of hydrogen-bond donors (Lipinski definition) is 0. The van der Waals surface area contributed by atoms with Crippen molar-refractivity contribution < 1.29 is 13.9 Å². The lowest BCUT2D eigenvalue weighted by Crippen LogP contribution is -2.49.